The number of nitrogens with zero attached hydrogens (tertiary/aromatic N) is 1. The van der Waals surface area contributed by atoms with E-state index in [9.17, 15) is 0 Å². The highest BCUT2D eigenvalue weighted by atomic mass is 14.8. The van der Waals surface area contributed by atoms with Gasteiger partial charge in [0, 0.05) is 11.1 Å². The van der Waals surface area contributed by atoms with Gasteiger partial charge in [-0.15, -0.1) is 6.58 Å². The molecule has 0 heterocycles. The Labute approximate surface area is 144 Å². The molecule has 0 fully saturated rings. The fourth-order valence-electron chi connectivity index (χ4n) is 2.76. The SMILES string of the molecule is C=CC[C@H](N=C(c1ccccc1)c1ccccc1)c1ccccc1. The molecule has 1 heteroatoms. The Balaban J connectivity index is 2.09. The second-order valence-electron chi connectivity index (χ2n) is 5.66. The van der Waals surface area contributed by atoms with Gasteiger partial charge in [0.2, 0.25) is 0 Å². The molecule has 0 aliphatic rings. The van der Waals surface area contributed by atoms with Gasteiger partial charge in [-0.25, -0.2) is 0 Å². The first-order valence-electron chi connectivity index (χ1n) is 8.23. The summed E-state index contributed by atoms with van der Waals surface area (Å²) in [5.74, 6) is 0. The maximum absolute atomic E-state index is 5.12. The lowest BCUT2D eigenvalue weighted by Gasteiger charge is -2.15. The molecule has 0 bridgehead atoms. The summed E-state index contributed by atoms with van der Waals surface area (Å²) in [6.07, 6.45) is 2.75. The first kappa shape index (κ1) is 15.9. The smallest absolute Gasteiger partial charge is 0.0790 e. The Morgan fingerprint density at radius 1 is 0.750 bits per heavy atom. The van der Waals surface area contributed by atoms with Crippen LogP contribution in [0.2, 0.25) is 0 Å². The van der Waals surface area contributed by atoms with E-state index in [-0.39, 0.29) is 6.04 Å². The summed E-state index contributed by atoms with van der Waals surface area (Å²) in [4.78, 5) is 5.12. The predicted octanol–water partition coefficient (Wildman–Crippen LogP) is 5.84. The van der Waals surface area contributed by atoms with Crippen molar-refractivity contribution in [1.29, 1.82) is 0 Å². The van der Waals surface area contributed by atoms with Crippen LogP contribution in [0.25, 0.3) is 0 Å². The second-order valence-corrected chi connectivity index (χ2v) is 5.66. The van der Waals surface area contributed by atoms with E-state index in [1.807, 2.05) is 24.3 Å². The van der Waals surface area contributed by atoms with Crippen LogP contribution in [0.4, 0.5) is 0 Å². The van der Waals surface area contributed by atoms with Crippen LogP contribution in [0.5, 0.6) is 0 Å². The van der Waals surface area contributed by atoms with Crippen molar-refractivity contribution < 1.29 is 0 Å². The molecule has 3 rings (SSSR count). The van der Waals surface area contributed by atoms with Crippen molar-refractivity contribution in [1.82, 2.24) is 0 Å². The first-order valence-corrected chi connectivity index (χ1v) is 8.23. The summed E-state index contributed by atoms with van der Waals surface area (Å²) < 4.78 is 0. The van der Waals surface area contributed by atoms with Gasteiger partial charge < -0.3 is 0 Å². The first-order chi connectivity index (χ1) is 11.9. The van der Waals surface area contributed by atoms with Crippen LogP contribution < -0.4 is 0 Å². The molecular weight excluding hydrogens is 290 g/mol. The van der Waals surface area contributed by atoms with Crippen LogP contribution in [-0.2, 0) is 0 Å². The third kappa shape index (κ3) is 3.88. The predicted molar refractivity (Wildman–Crippen MR) is 103 cm³/mol. The Morgan fingerprint density at radius 3 is 1.67 bits per heavy atom. The molecule has 118 valence electrons. The highest BCUT2D eigenvalue weighted by Crippen LogP contribution is 2.24. The summed E-state index contributed by atoms with van der Waals surface area (Å²) in [5.41, 5.74) is 4.50. The van der Waals surface area contributed by atoms with Crippen LogP contribution in [0, 0.1) is 0 Å². The zero-order valence-electron chi connectivity index (χ0n) is 13.7. The lowest BCUT2D eigenvalue weighted by Crippen LogP contribution is -2.07. The summed E-state index contributed by atoms with van der Waals surface area (Å²) in [5, 5.41) is 0. The fourth-order valence-corrected chi connectivity index (χ4v) is 2.76. The molecule has 0 amide bonds. The van der Waals surface area contributed by atoms with Gasteiger partial charge in [-0.1, -0.05) is 97.1 Å². The Morgan fingerprint density at radius 2 is 1.21 bits per heavy atom. The molecule has 0 radical (unpaired) electrons. The lowest BCUT2D eigenvalue weighted by molar-refractivity contribution is 0.745. The van der Waals surface area contributed by atoms with E-state index in [1.165, 1.54) is 5.56 Å². The molecule has 1 atom stereocenters. The van der Waals surface area contributed by atoms with Crippen LogP contribution >= 0.6 is 0 Å². The summed E-state index contributed by atoms with van der Waals surface area (Å²) in [6, 6.07) is 31.2. The molecule has 24 heavy (non-hydrogen) atoms. The van der Waals surface area contributed by atoms with Crippen molar-refractivity contribution in [2.75, 3.05) is 0 Å². The van der Waals surface area contributed by atoms with E-state index in [1.54, 1.807) is 0 Å². The molecule has 3 aromatic rings. The minimum absolute atomic E-state index is 0.0686. The molecule has 0 aliphatic heterocycles. The molecule has 0 saturated heterocycles. The van der Waals surface area contributed by atoms with Gasteiger partial charge in [-0.3, -0.25) is 4.99 Å². The Kier molecular flexibility index (Phi) is 5.36. The number of hydrogen-bond donors (Lipinski definition) is 0. The summed E-state index contributed by atoms with van der Waals surface area (Å²) >= 11 is 0. The average Bonchev–Trinajstić information content (AvgIpc) is 2.67. The van der Waals surface area contributed by atoms with Gasteiger partial charge in [-0.05, 0) is 12.0 Å². The topological polar surface area (TPSA) is 12.4 Å². The van der Waals surface area contributed by atoms with Gasteiger partial charge in [0.15, 0.2) is 0 Å². The monoisotopic (exact) mass is 311 g/mol. The Hall–Kier alpha value is -2.93. The maximum atomic E-state index is 5.12. The highest BCUT2D eigenvalue weighted by Gasteiger charge is 2.12. The van der Waals surface area contributed by atoms with Gasteiger partial charge >= 0.3 is 0 Å². The van der Waals surface area contributed by atoms with Gasteiger partial charge in [0.1, 0.15) is 0 Å². The third-order valence-corrected chi connectivity index (χ3v) is 3.95. The van der Waals surface area contributed by atoms with Gasteiger partial charge in [0.25, 0.3) is 0 Å². The van der Waals surface area contributed by atoms with E-state index in [0.717, 1.165) is 23.3 Å². The minimum atomic E-state index is 0.0686. The summed E-state index contributed by atoms with van der Waals surface area (Å²) in [6.45, 7) is 3.91. The molecule has 0 spiro atoms. The zero-order chi connectivity index (χ0) is 16.6. The van der Waals surface area contributed by atoms with E-state index in [4.69, 9.17) is 4.99 Å². The average molecular weight is 311 g/mol. The summed E-state index contributed by atoms with van der Waals surface area (Å²) in [7, 11) is 0. The number of aliphatic imine (C=N–C) groups is 1. The van der Waals surface area contributed by atoms with Crippen LogP contribution in [0.1, 0.15) is 29.2 Å². The van der Waals surface area contributed by atoms with Gasteiger partial charge in [0.05, 0.1) is 11.8 Å². The standard InChI is InChI=1S/C23H21N/c1-2-12-22(19-13-6-3-7-14-19)24-23(20-15-8-4-9-16-20)21-17-10-5-11-18-21/h2-11,13-18,22H,1,12H2/t22-/m0/s1. The minimum Gasteiger partial charge on any atom is -0.276 e. The largest absolute Gasteiger partial charge is 0.276 e. The van der Waals surface area contributed by atoms with Gasteiger partial charge in [-0.2, -0.15) is 0 Å². The van der Waals surface area contributed by atoms with E-state index in [0.29, 0.717) is 0 Å². The molecule has 0 unspecified atom stereocenters. The third-order valence-electron chi connectivity index (χ3n) is 3.95. The number of rotatable bonds is 6. The fraction of sp³-hybridized carbons (Fsp3) is 0.0870. The van der Waals surface area contributed by atoms with Crippen molar-refractivity contribution >= 4 is 5.71 Å². The molecule has 0 N–H and O–H groups in total. The van der Waals surface area contributed by atoms with Crippen LogP contribution in [0.3, 0.4) is 0 Å². The maximum Gasteiger partial charge on any atom is 0.0790 e. The normalized spacial score (nSPS) is 11.5. The molecular formula is C23H21N. The number of benzene rings is 3. The second kappa shape index (κ2) is 8.07. The Bertz CT molecular complexity index is 748. The molecule has 0 aromatic heterocycles. The number of hydrogen-bond acceptors (Lipinski definition) is 1. The quantitative estimate of drug-likeness (QED) is 0.400. The van der Waals surface area contributed by atoms with Crippen LogP contribution in [-0.4, -0.2) is 5.71 Å². The lowest BCUT2D eigenvalue weighted by atomic mass is 9.99. The van der Waals surface area contributed by atoms with Crippen molar-refractivity contribution in [3.05, 3.63) is 120 Å². The van der Waals surface area contributed by atoms with E-state index < -0.39 is 0 Å². The highest BCUT2D eigenvalue weighted by molar-refractivity contribution is 6.13. The van der Waals surface area contributed by atoms with Crippen LogP contribution in [0.15, 0.2) is 109 Å². The molecule has 3 aromatic carbocycles. The van der Waals surface area contributed by atoms with Crippen molar-refractivity contribution in [2.45, 2.75) is 12.5 Å². The van der Waals surface area contributed by atoms with Crippen molar-refractivity contribution in [3.63, 3.8) is 0 Å². The van der Waals surface area contributed by atoms with E-state index >= 15 is 0 Å². The zero-order valence-corrected chi connectivity index (χ0v) is 13.7. The molecule has 1 nitrogen and oxygen atoms in total. The van der Waals surface area contributed by atoms with E-state index in [2.05, 4.69) is 79.4 Å². The van der Waals surface area contributed by atoms with Crippen molar-refractivity contribution in [3.8, 4) is 0 Å². The van der Waals surface area contributed by atoms with Crippen molar-refractivity contribution in [2.24, 2.45) is 4.99 Å². The molecule has 0 saturated carbocycles. The molecule has 0 aliphatic carbocycles.